The van der Waals surface area contributed by atoms with Gasteiger partial charge in [0.15, 0.2) is 5.69 Å². The molecule has 1 aromatic heterocycles. The zero-order valence-electron chi connectivity index (χ0n) is 23.1. The summed E-state index contributed by atoms with van der Waals surface area (Å²) in [5.41, 5.74) is -0.961. The number of alkyl halides is 3. The van der Waals surface area contributed by atoms with Crippen molar-refractivity contribution in [1.82, 2.24) is 9.58 Å². The summed E-state index contributed by atoms with van der Waals surface area (Å²) < 4.78 is 77.7. The van der Waals surface area contributed by atoms with E-state index in [2.05, 4.69) is 0 Å². The standard InChI is InChI=1S/C31H21ClF5N3O4S/c1-16(31(35,36)37)38-15-40(26-18-7-2-3-11-23(18)45-14-17-6-4-8-19(32)24(17)26)39-13-12-22(41)28(27(39)29(38)42)44-30(43)25-20(33)9-5-10-21(25)34/h2-13,16,26H,14-15H2,1H3/t16?,26-/m1/s1. The smallest absolute Gasteiger partial charge is 0.408 e. The molecule has 14 heteroatoms. The van der Waals surface area contributed by atoms with Crippen molar-refractivity contribution in [3.8, 4) is 5.75 Å². The van der Waals surface area contributed by atoms with Gasteiger partial charge in [0.25, 0.3) is 5.91 Å². The van der Waals surface area contributed by atoms with E-state index in [0.717, 1.165) is 46.3 Å². The lowest BCUT2D eigenvalue weighted by molar-refractivity contribution is -0.173. The van der Waals surface area contributed by atoms with Crippen LogP contribution < -0.4 is 15.2 Å². The lowest BCUT2D eigenvalue weighted by atomic mass is 9.94. The van der Waals surface area contributed by atoms with E-state index < -0.39 is 70.9 Å². The molecule has 0 fully saturated rings. The number of amides is 1. The van der Waals surface area contributed by atoms with Crippen LogP contribution in [0.5, 0.6) is 5.75 Å². The van der Waals surface area contributed by atoms with Crippen molar-refractivity contribution in [2.24, 2.45) is 0 Å². The van der Waals surface area contributed by atoms with Gasteiger partial charge in [0.1, 0.15) is 36.0 Å². The second kappa shape index (κ2) is 11.5. The summed E-state index contributed by atoms with van der Waals surface area (Å²) in [6.45, 7) is 0.157. The number of aromatic nitrogens is 1. The number of esters is 1. The third-order valence-electron chi connectivity index (χ3n) is 7.69. The van der Waals surface area contributed by atoms with E-state index in [1.54, 1.807) is 24.3 Å². The van der Waals surface area contributed by atoms with Gasteiger partial charge in [0.2, 0.25) is 11.2 Å². The highest BCUT2D eigenvalue weighted by Crippen LogP contribution is 2.45. The van der Waals surface area contributed by atoms with E-state index in [9.17, 15) is 36.3 Å². The van der Waals surface area contributed by atoms with Crippen molar-refractivity contribution in [3.05, 3.63) is 128 Å². The Morgan fingerprint density at radius 1 is 1.00 bits per heavy atom. The zero-order valence-corrected chi connectivity index (χ0v) is 24.7. The molecule has 2 aliphatic heterocycles. The molecule has 0 spiro atoms. The van der Waals surface area contributed by atoms with Gasteiger partial charge in [-0.2, -0.15) is 13.2 Å². The molecule has 4 aromatic rings. The number of nitrogens with zero attached hydrogens (tertiary/aromatic N) is 3. The molecule has 0 radical (unpaired) electrons. The summed E-state index contributed by atoms with van der Waals surface area (Å²) in [5.74, 6) is -6.06. The number of hydrogen-bond donors (Lipinski definition) is 0. The number of rotatable bonds is 4. The highest BCUT2D eigenvalue weighted by molar-refractivity contribution is 7.98. The average molecular weight is 662 g/mol. The van der Waals surface area contributed by atoms with Crippen LogP contribution in [-0.4, -0.2) is 40.3 Å². The Bertz CT molecular complexity index is 1900. The van der Waals surface area contributed by atoms with E-state index in [1.807, 2.05) is 18.2 Å². The van der Waals surface area contributed by atoms with Crippen LogP contribution >= 0.6 is 23.4 Å². The molecular weight excluding hydrogens is 641 g/mol. The molecule has 3 heterocycles. The minimum absolute atomic E-state index is 0.311. The van der Waals surface area contributed by atoms with E-state index in [1.165, 1.54) is 23.0 Å². The minimum atomic E-state index is -4.89. The fraction of sp³-hybridized carbons (Fsp3) is 0.194. The maximum absolute atomic E-state index is 14.4. The van der Waals surface area contributed by atoms with Crippen LogP contribution in [0.1, 0.15) is 50.5 Å². The lowest BCUT2D eigenvalue weighted by Crippen LogP contribution is -2.60. The first-order valence-corrected chi connectivity index (χ1v) is 14.8. The molecule has 0 saturated carbocycles. The number of pyridine rings is 1. The summed E-state index contributed by atoms with van der Waals surface area (Å²) in [5, 5.41) is 1.72. The Morgan fingerprint density at radius 2 is 1.69 bits per heavy atom. The van der Waals surface area contributed by atoms with Crippen LogP contribution in [0.15, 0.2) is 82.6 Å². The summed E-state index contributed by atoms with van der Waals surface area (Å²) in [4.78, 5) is 41.3. The van der Waals surface area contributed by atoms with Crippen LogP contribution in [0, 0.1) is 11.6 Å². The van der Waals surface area contributed by atoms with E-state index in [-0.39, 0.29) is 0 Å². The fourth-order valence-electron chi connectivity index (χ4n) is 5.43. The number of fused-ring (bicyclic) bond motifs is 3. The second-order valence-corrected chi connectivity index (χ2v) is 11.7. The first kappa shape index (κ1) is 30.7. The SMILES string of the molecule is CC(N1CN([C@@H]2c3ccccc3SCc3cccc(Cl)c32)n2ccc(=O)c(OC(=O)c3c(F)cccc3F)c2C1=O)C(F)(F)F. The second-order valence-electron chi connectivity index (χ2n) is 10.3. The molecule has 3 aromatic carbocycles. The normalized spacial score (nSPS) is 16.8. The number of carbonyl (C=O) groups is 2. The zero-order chi connectivity index (χ0) is 32.2. The summed E-state index contributed by atoms with van der Waals surface area (Å²) in [6, 6.07) is 12.7. The molecule has 0 N–H and O–H groups in total. The highest BCUT2D eigenvalue weighted by atomic mass is 35.5. The Kier molecular flexibility index (Phi) is 7.86. The number of halogens is 6. The monoisotopic (exact) mass is 661 g/mol. The molecule has 1 unspecified atom stereocenters. The highest BCUT2D eigenvalue weighted by Gasteiger charge is 2.48. The molecule has 45 heavy (non-hydrogen) atoms. The predicted octanol–water partition coefficient (Wildman–Crippen LogP) is 6.70. The van der Waals surface area contributed by atoms with Crippen molar-refractivity contribution in [1.29, 1.82) is 0 Å². The summed E-state index contributed by atoms with van der Waals surface area (Å²) in [6.07, 6.45) is -3.72. The molecule has 0 bridgehead atoms. The molecule has 232 valence electrons. The van der Waals surface area contributed by atoms with Gasteiger partial charge >= 0.3 is 12.1 Å². The van der Waals surface area contributed by atoms with Gasteiger partial charge in [-0.25, -0.2) is 13.6 Å². The van der Waals surface area contributed by atoms with Crippen molar-refractivity contribution in [2.45, 2.75) is 35.8 Å². The largest absolute Gasteiger partial charge is 0.416 e. The lowest BCUT2D eigenvalue weighted by Gasteiger charge is -2.46. The number of carbonyl (C=O) groups excluding carboxylic acids is 2. The third-order valence-corrected chi connectivity index (χ3v) is 9.15. The predicted molar refractivity (Wildman–Crippen MR) is 156 cm³/mol. The average Bonchev–Trinajstić information content (AvgIpc) is 3.16. The van der Waals surface area contributed by atoms with Crippen LogP contribution in [-0.2, 0) is 5.75 Å². The van der Waals surface area contributed by atoms with Gasteiger partial charge < -0.3 is 9.64 Å². The minimum Gasteiger partial charge on any atom is -0.416 e. The third kappa shape index (κ3) is 5.33. The number of ether oxygens (including phenoxy) is 1. The molecule has 0 aliphatic carbocycles. The van der Waals surface area contributed by atoms with Crippen LogP contribution in [0.2, 0.25) is 5.02 Å². The molecule has 6 rings (SSSR count). The fourth-order valence-corrected chi connectivity index (χ4v) is 6.81. The quantitative estimate of drug-likeness (QED) is 0.179. The molecule has 7 nitrogen and oxygen atoms in total. The summed E-state index contributed by atoms with van der Waals surface area (Å²) >= 11 is 8.24. The van der Waals surface area contributed by atoms with E-state index >= 15 is 0 Å². The number of benzene rings is 3. The van der Waals surface area contributed by atoms with E-state index in [4.69, 9.17) is 16.3 Å². The first-order valence-electron chi connectivity index (χ1n) is 13.4. The van der Waals surface area contributed by atoms with Gasteiger partial charge in [0.05, 0.1) is 0 Å². The Hall–Kier alpha value is -4.36. The Morgan fingerprint density at radius 3 is 2.40 bits per heavy atom. The van der Waals surface area contributed by atoms with Crippen LogP contribution in [0.4, 0.5) is 22.0 Å². The van der Waals surface area contributed by atoms with Gasteiger partial charge in [0, 0.05) is 33.5 Å². The molecule has 2 aliphatic rings. The van der Waals surface area contributed by atoms with E-state index in [0.29, 0.717) is 26.8 Å². The van der Waals surface area contributed by atoms with Gasteiger partial charge in [-0.05, 0) is 42.3 Å². The van der Waals surface area contributed by atoms with Gasteiger partial charge in [-0.1, -0.05) is 48.0 Å². The summed E-state index contributed by atoms with van der Waals surface area (Å²) in [7, 11) is 0. The van der Waals surface area contributed by atoms with Crippen molar-refractivity contribution >= 4 is 35.2 Å². The maximum Gasteiger partial charge on any atom is 0.408 e. The van der Waals surface area contributed by atoms with Crippen LogP contribution in [0.3, 0.4) is 0 Å². The van der Waals surface area contributed by atoms with Gasteiger partial charge in [-0.15, -0.1) is 11.8 Å². The van der Waals surface area contributed by atoms with Gasteiger partial charge in [-0.3, -0.25) is 19.3 Å². The topological polar surface area (TPSA) is 71.8 Å². The Labute approximate surface area is 261 Å². The van der Waals surface area contributed by atoms with Crippen molar-refractivity contribution in [2.75, 3.05) is 11.7 Å². The van der Waals surface area contributed by atoms with Crippen molar-refractivity contribution < 1.29 is 36.3 Å². The number of thioether (sulfide) groups is 1. The molecule has 1 amide bonds. The first-order chi connectivity index (χ1) is 21.4. The molecule has 0 saturated heterocycles. The maximum atomic E-state index is 14.4. The number of hydrogen-bond acceptors (Lipinski definition) is 6. The Balaban J connectivity index is 1.60. The van der Waals surface area contributed by atoms with Crippen LogP contribution in [0.25, 0.3) is 0 Å². The van der Waals surface area contributed by atoms with Crippen molar-refractivity contribution in [3.63, 3.8) is 0 Å². The molecule has 2 atom stereocenters. The molecular formula is C31H21ClF5N3O4S.